The van der Waals surface area contributed by atoms with Crippen LogP contribution in [0.5, 0.6) is 0 Å². The van der Waals surface area contributed by atoms with Gasteiger partial charge in [0.2, 0.25) is 5.91 Å². The number of nitrogens with zero attached hydrogens (tertiary/aromatic N) is 1. The Morgan fingerprint density at radius 2 is 2.04 bits per heavy atom. The predicted octanol–water partition coefficient (Wildman–Crippen LogP) is 3.61. The summed E-state index contributed by atoms with van der Waals surface area (Å²) in [5.41, 5.74) is 3.72. The fourth-order valence-electron chi connectivity index (χ4n) is 3.11. The van der Waals surface area contributed by atoms with E-state index in [-0.39, 0.29) is 11.8 Å². The number of anilines is 1. The Labute approximate surface area is 152 Å². The second-order valence-corrected chi connectivity index (χ2v) is 6.56. The van der Waals surface area contributed by atoms with E-state index in [1.54, 1.807) is 11.0 Å². The maximum Gasteiger partial charge on any atom is 0.251 e. The highest BCUT2D eigenvalue weighted by Crippen LogP contribution is 2.29. The summed E-state index contributed by atoms with van der Waals surface area (Å²) in [4.78, 5) is 26.1. The van der Waals surface area contributed by atoms with Crippen molar-refractivity contribution in [2.45, 2.75) is 26.2 Å². The summed E-state index contributed by atoms with van der Waals surface area (Å²) in [6.07, 6.45) is 2.02. The van der Waals surface area contributed by atoms with Crippen molar-refractivity contribution in [3.05, 3.63) is 64.2 Å². The number of rotatable bonds is 5. The first-order valence-corrected chi connectivity index (χ1v) is 8.92. The zero-order valence-corrected chi connectivity index (χ0v) is 15.0. The SMILES string of the molecule is CCC(=O)N1CCc2cc(C(=O)NCCc3cccc(Cl)c3)ccc21. The molecule has 4 nitrogen and oxygen atoms in total. The molecule has 1 N–H and O–H groups in total. The van der Waals surface area contributed by atoms with Crippen LogP contribution < -0.4 is 10.2 Å². The standard InChI is InChI=1S/C20H21ClN2O2/c1-2-19(24)23-11-9-15-13-16(6-7-18(15)23)20(25)22-10-8-14-4-3-5-17(21)12-14/h3-7,12-13H,2,8-11H2,1H3,(H,22,25). The second kappa shape index (κ2) is 7.70. The van der Waals surface area contributed by atoms with Gasteiger partial charge in [-0.15, -0.1) is 0 Å². The molecular weight excluding hydrogens is 336 g/mol. The molecule has 0 unspecified atom stereocenters. The van der Waals surface area contributed by atoms with Crippen LogP contribution in [-0.2, 0) is 17.6 Å². The minimum atomic E-state index is -0.0925. The molecule has 0 saturated heterocycles. The smallest absolute Gasteiger partial charge is 0.251 e. The van der Waals surface area contributed by atoms with Crippen LogP contribution in [0.4, 0.5) is 5.69 Å². The van der Waals surface area contributed by atoms with Gasteiger partial charge < -0.3 is 10.2 Å². The lowest BCUT2D eigenvalue weighted by atomic mass is 10.1. The van der Waals surface area contributed by atoms with E-state index >= 15 is 0 Å². The Hall–Kier alpha value is -2.33. The van der Waals surface area contributed by atoms with Crippen LogP contribution in [0, 0.1) is 0 Å². The van der Waals surface area contributed by atoms with Crippen molar-refractivity contribution in [3.63, 3.8) is 0 Å². The summed E-state index contributed by atoms with van der Waals surface area (Å²) in [5, 5.41) is 3.64. The lowest BCUT2D eigenvalue weighted by Gasteiger charge is -2.16. The number of halogens is 1. The first-order chi connectivity index (χ1) is 12.1. The highest BCUT2D eigenvalue weighted by molar-refractivity contribution is 6.30. The number of benzene rings is 2. The molecule has 0 spiro atoms. The molecule has 2 aromatic carbocycles. The van der Waals surface area contributed by atoms with E-state index in [1.165, 1.54) is 0 Å². The Morgan fingerprint density at radius 3 is 2.80 bits per heavy atom. The molecule has 0 fully saturated rings. The number of hydrogen-bond donors (Lipinski definition) is 1. The van der Waals surface area contributed by atoms with E-state index in [0.717, 1.165) is 29.7 Å². The first kappa shape index (κ1) is 17.5. The van der Waals surface area contributed by atoms with Crippen molar-refractivity contribution in [3.8, 4) is 0 Å². The summed E-state index contributed by atoms with van der Waals surface area (Å²) in [6, 6.07) is 13.2. The minimum absolute atomic E-state index is 0.0925. The van der Waals surface area contributed by atoms with E-state index in [2.05, 4.69) is 5.32 Å². The molecule has 0 aliphatic carbocycles. The van der Waals surface area contributed by atoms with Crippen LogP contribution in [0.15, 0.2) is 42.5 Å². The van der Waals surface area contributed by atoms with Crippen molar-refractivity contribution >= 4 is 29.1 Å². The maximum absolute atomic E-state index is 12.4. The molecule has 2 amide bonds. The van der Waals surface area contributed by atoms with Gasteiger partial charge in [-0.1, -0.05) is 30.7 Å². The van der Waals surface area contributed by atoms with Gasteiger partial charge in [-0.05, 0) is 54.3 Å². The molecule has 0 aromatic heterocycles. The van der Waals surface area contributed by atoms with Gasteiger partial charge in [0.1, 0.15) is 0 Å². The zero-order chi connectivity index (χ0) is 17.8. The molecule has 1 aliphatic rings. The summed E-state index contributed by atoms with van der Waals surface area (Å²) < 4.78 is 0. The van der Waals surface area contributed by atoms with Crippen molar-refractivity contribution in [1.82, 2.24) is 5.32 Å². The zero-order valence-electron chi connectivity index (χ0n) is 14.2. The lowest BCUT2D eigenvalue weighted by molar-refractivity contribution is -0.118. The molecule has 1 heterocycles. The third kappa shape index (κ3) is 4.02. The van der Waals surface area contributed by atoms with Crippen molar-refractivity contribution in [2.24, 2.45) is 0 Å². The normalized spacial score (nSPS) is 12.8. The first-order valence-electron chi connectivity index (χ1n) is 8.54. The molecule has 130 valence electrons. The summed E-state index contributed by atoms with van der Waals surface area (Å²) in [5.74, 6) is 0.0302. The number of carbonyl (C=O) groups is 2. The molecule has 2 aromatic rings. The maximum atomic E-state index is 12.4. The van der Waals surface area contributed by atoms with Crippen molar-refractivity contribution in [1.29, 1.82) is 0 Å². The molecular formula is C20H21ClN2O2. The van der Waals surface area contributed by atoms with Gasteiger partial charge in [0.15, 0.2) is 0 Å². The molecule has 1 aliphatic heterocycles. The molecule has 5 heteroatoms. The summed E-state index contributed by atoms with van der Waals surface area (Å²) >= 11 is 5.97. The van der Waals surface area contributed by atoms with Gasteiger partial charge in [-0.25, -0.2) is 0 Å². The van der Waals surface area contributed by atoms with Gasteiger partial charge in [-0.2, -0.15) is 0 Å². The number of hydrogen-bond acceptors (Lipinski definition) is 2. The Kier molecular flexibility index (Phi) is 5.39. The van der Waals surface area contributed by atoms with E-state index in [9.17, 15) is 9.59 Å². The van der Waals surface area contributed by atoms with Crippen LogP contribution in [0.3, 0.4) is 0 Å². The molecule has 0 atom stereocenters. The number of nitrogens with one attached hydrogen (secondary N) is 1. The van der Waals surface area contributed by atoms with Gasteiger partial charge >= 0.3 is 0 Å². The van der Waals surface area contributed by atoms with Crippen LogP contribution in [0.1, 0.15) is 34.8 Å². The summed E-state index contributed by atoms with van der Waals surface area (Å²) in [6.45, 7) is 3.11. The molecule has 0 saturated carbocycles. The van der Waals surface area contributed by atoms with E-state index in [1.807, 2.05) is 43.3 Å². The van der Waals surface area contributed by atoms with Crippen LogP contribution in [0.2, 0.25) is 5.02 Å². The lowest BCUT2D eigenvalue weighted by Crippen LogP contribution is -2.28. The second-order valence-electron chi connectivity index (χ2n) is 6.13. The highest BCUT2D eigenvalue weighted by Gasteiger charge is 2.24. The fraction of sp³-hybridized carbons (Fsp3) is 0.300. The van der Waals surface area contributed by atoms with Gasteiger partial charge in [0.05, 0.1) is 0 Å². The Balaban J connectivity index is 1.61. The van der Waals surface area contributed by atoms with Crippen LogP contribution in [-0.4, -0.2) is 24.9 Å². The highest BCUT2D eigenvalue weighted by atomic mass is 35.5. The number of fused-ring (bicyclic) bond motifs is 1. The van der Waals surface area contributed by atoms with Gasteiger partial charge in [0.25, 0.3) is 5.91 Å². The average molecular weight is 357 g/mol. The van der Waals surface area contributed by atoms with E-state index in [4.69, 9.17) is 11.6 Å². The largest absolute Gasteiger partial charge is 0.352 e. The topological polar surface area (TPSA) is 49.4 Å². The Bertz CT molecular complexity index is 804. The number of carbonyl (C=O) groups excluding carboxylic acids is 2. The van der Waals surface area contributed by atoms with Gasteiger partial charge in [-0.3, -0.25) is 9.59 Å². The third-order valence-corrected chi connectivity index (χ3v) is 4.66. The average Bonchev–Trinajstić information content (AvgIpc) is 3.04. The third-order valence-electron chi connectivity index (χ3n) is 4.43. The molecule has 0 radical (unpaired) electrons. The van der Waals surface area contributed by atoms with Crippen LogP contribution in [0.25, 0.3) is 0 Å². The van der Waals surface area contributed by atoms with E-state index < -0.39 is 0 Å². The van der Waals surface area contributed by atoms with Crippen LogP contribution >= 0.6 is 11.6 Å². The monoisotopic (exact) mass is 356 g/mol. The summed E-state index contributed by atoms with van der Waals surface area (Å²) in [7, 11) is 0. The molecule has 0 bridgehead atoms. The van der Waals surface area contributed by atoms with Gasteiger partial charge in [0, 0.05) is 35.8 Å². The van der Waals surface area contributed by atoms with Crippen molar-refractivity contribution in [2.75, 3.05) is 18.0 Å². The molecule has 3 rings (SSSR count). The molecule has 25 heavy (non-hydrogen) atoms. The van der Waals surface area contributed by atoms with E-state index in [0.29, 0.717) is 30.1 Å². The van der Waals surface area contributed by atoms with Crippen molar-refractivity contribution < 1.29 is 9.59 Å². The predicted molar refractivity (Wildman–Crippen MR) is 100 cm³/mol. The minimum Gasteiger partial charge on any atom is -0.352 e. The fourth-order valence-corrected chi connectivity index (χ4v) is 3.32. The quantitative estimate of drug-likeness (QED) is 0.889. The number of amides is 2. The Morgan fingerprint density at radius 1 is 1.20 bits per heavy atom.